The zero-order valence-corrected chi connectivity index (χ0v) is 13.2. The van der Waals surface area contributed by atoms with Gasteiger partial charge in [-0.05, 0) is 56.0 Å². The van der Waals surface area contributed by atoms with E-state index in [4.69, 9.17) is 0 Å². The van der Waals surface area contributed by atoms with Crippen LogP contribution in [0.5, 0.6) is 0 Å². The molecule has 0 saturated carbocycles. The summed E-state index contributed by atoms with van der Waals surface area (Å²) >= 11 is 0. The molecule has 2 aromatic rings. The molecule has 0 spiro atoms. The summed E-state index contributed by atoms with van der Waals surface area (Å²) in [5.41, 5.74) is 1.89. The summed E-state index contributed by atoms with van der Waals surface area (Å²) in [4.78, 5) is 16.1. The minimum atomic E-state index is 0.0759. The van der Waals surface area contributed by atoms with Crippen molar-refractivity contribution in [1.29, 1.82) is 0 Å². The van der Waals surface area contributed by atoms with E-state index >= 15 is 0 Å². The van der Waals surface area contributed by atoms with Gasteiger partial charge in [-0.15, -0.1) is 0 Å². The van der Waals surface area contributed by atoms with E-state index < -0.39 is 0 Å². The molecule has 23 heavy (non-hydrogen) atoms. The van der Waals surface area contributed by atoms with Crippen molar-refractivity contribution in [3.8, 4) is 0 Å². The maximum atomic E-state index is 12.1. The lowest BCUT2D eigenvalue weighted by atomic mass is 9.93. The third kappa shape index (κ3) is 4.89. The van der Waals surface area contributed by atoms with E-state index in [1.807, 2.05) is 23.0 Å². The molecule has 0 aromatic carbocycles. The van der Waals surface area contributed by atoms with Crippen LogP contribution in [0.4, 0.5) is 5.69 Å². The SMILES string of the molecule is O=C(CCC1CCNCC1)Nc1cnn(Cc2ccncc2)c1. The van der Waals surface area contributed by atoms with Gasteiger partial charge in [0, 0.05) is 25.0 Å². The summed E-state index contributed by atoms with van der Waals surface area (Å²) in [6, 6.07) is 3.91. The number of carbonyl (C=O) groups is 1. The number of carbonyl (C=O) groups excluding carboxylic acids is 1. The van der Waals surface area contributed by atoms with E-state index in [-0.39, 0.29) is 5.91 Å². The maximum Gasteiger partial charge on any atom is 0.224 e. The number of hydrogen-bond donors (Lipinski definition) is 2. The van der Waals surface area contributed by atoms with Crippen LogP contribution in [-0.2, 0) is 11.3 Å². The average Bonchev–Trinajstić information content (AvgIpc) is 3.02. The van der Waals surface area contributed by atoms with E-state index in [2.05, 4.69) is 20.7 Å². The van der Waals surface area contributed by atoms with Gasteiger partial charge in [0.2, 0.25) is 5.91 Å². The predicted molar refractivity (Wildman–Crippen MR) is 89.0 cm³/mol. The van der Waals surface area contributed by atoms with E-state index in [0.717, 1.165) is 30.8 Å². The monoisotopic (exact) mass is 313 g/mol. The lowest BCUT2D eigenvalue weighted by molar-refractivity contribution is -0.116. The minimum Gasteiger partial charge on any atom is -0.323 e. The van der Waals surface area contributed by atoms with Crippen LogP contribution in [0.25, 0.3) is 0 Å². The number of piperidine rings is 1. The molecule has 3 rings (SSSR count). The fourth-order valence-corrected chi connectivity index (χ4v) is 2.92. The van der Waals surface area contributed by atoms with Gasteiger partial charge >= 0.3 is 0 Å². The molecule has 0 unspecified atom stereocenters. The Morgan fingerprint density at radius 2 is 2.09 bits per heavy atom. The molecule has 122 valence electrons. The Balaban J connectivity index is 1.45. The van der Waals surface area contributed by atoms with Crippen LogP contribution in [0.3, 0.4) is 0 Å². The van der Waals surface area contributed by atoms with Gasteiger partial charge in [-0.2, -0.15) is 5.10 Å². The van der Waals surface area contributed by atoms with Gasteiger partial charge in [-0.3, -0.25) is 14.5 Å². The molecular formula is C17H23N5O. The highest BCUT2D eigenvalue weighted by atomic mass is 16.1. The third-order valence-electron chi connectivity index (χ3n) is 4.25. The topological polar surface area (TPSA) is 71.8 Å². The van der Waals surface area contributed by atoms with Crippen LogP contribution in [-0.4, -0.2) is 33.8 Å². The lowest BCUT2D eigenvalue weighted by Crippen LogP contribution is -2.28. The van der Waals surface area contributed by atoms with Crippen molar-refractivity contribution in [2.24, 2.45) is 5.92 Å². The first-order chi connectivity index (χ1) is 11.3. The van der Waals surface area contributed by atoms with Crippen molar-refractivity contribution in [3.63, 3.8) is 0 Å². The highest BCUT2D eigenvalue weighted by Crippen LogP contribution is 2.18. The van der Waals surface area contributed by atoms with Gasteiger partial charge in [-0.1, -0.05) is 0 Å². The highest BCUT2D eigenvalue weighted by molar-refractivity contribution is 5.90. The second-order valence-electron chi connectivity index (χ2n) is 6.06. The lowest BCUT2D eigenvalue weighted by Gasteiger charge is -2.22. The first kappa shape index (κ1) is 15.7. The largest absolute Gasteiger partial charge is 0.323 e. The summed E-state index contributed by atoms with van der Waals surface area (Å²) in [6.07, 6.45) is 11.0. The van der Waals surface area contributed by atoms with Gasteiger partial charge in [-0.25, -0.2) is 0 Å². The zero-order valence-electron chi connectivity index (χ0n) is 13.2. The first-order valence-electron chi connectivity index (χ1n) is 8.21. The maximum absolute atomic E-state index is 12.1. The second-order valence-corrected chi connectivity index (χ2v) is 6.06. The van der Waals surface area contributed by atoms with Crippen molar-refractivity contribution in [2.75, 3.05) is 18.4 Å². The number of pyridine rings is 1. The molecule has 6 heteroatoms. The van der Waals surface area contributed by atoms with E-state index in [9.17, 15) is 4.79 Å². The Labute approximate surface area is 136 Å². The molecule has 1 amide bonds. The molecular weight excluding hydrogens is 290 g/mol. The molecule has 1 aliphatic heterocycles. The molecule has 1 saturated heterocycles. The molecule has 2 N–H and O–H groups in total. The van der Waals surface area contributed by atoms with Crippen LogP contribution in [0, 0.1) is 5.92 Å². The number of nitrogens with zero attached hydrogens (tertiary/aromatic N) is 3. The van der Waals surface area contributed by atoms with Gasteiger partial charge < -0.3 is 10.6 Å². The fraction of sp³-hybridized carbons (Fsp3) is 0.471. The van der Waals surface area contributed by atoms with Crippen LogP contribution >= 0.6 is 0 Å². The molecule has 2 aromatic heterocycles. The standard InChI is InChI=1S/C17H23N5O/c23-17(2-1-14-3-7-18-8-4-14)21-16-11-20-22(13-16)12-15-5-9-19-10-6-15/h5-6,9-11,13-14,18H,1-4,7-8,12H2,(H,21,23). The summed E-state index contributed by atoms with van der Waals surface area (Å²) in [5, 5.41) is 10.6. The molecule has 0 aliphatic carbocycles. The average molecular weight is 313 g/mol. The van der Waals surface area contributed by atoms with Crippen LogP contribution in [0.2, 0.25) is 0 Å². The summed E-state index contributed by atoms with van der Waals surface area (Å²) in [6.45, 7) is 2.83. The third-order valence-corrected chi connectivity index (χ3v) is 4.25. The molecule has 0 bridgehead atoms. The number of rotatable bonds is 6. The molecule has 1 aliphatic rings. The Kier molecular flexibility index (Phi) is 5.37. The van der Waals surface area contributed by atoms with Crippen LogP contribution < -0.4 is 10.6 Å². The normalized spacial score (nSPS) is 15.5. The molecule has 3 heterocycles. The van der Waals surface area contributed by atoms with Gasteiger partial charge in [0.05, 0.1) is 18.4 Å². The van der Waals surface area contributed by atoms with Crippen LogP contribution in [0.15, 0.2) is 36.9 Å². The van der Waals surface area contributed by atoms with Gasteiger partial charge in [0.1, 0.15) is 0 Å². The number of aromatic nitrogens is 3. The summed E-state index contributed by atoms with van der Waals surface area (Å²) in [5.74, 6) is 0.753. The van der Waals surface area contributed by atoms with E-state index in [1.165, 1.54) is 12.8 Å². The molecule has 6 nitrogen and oxygen atoms in total. The van der Waals surface area contributed by atoms with Gasteiger partial charge in [0.15, 0.2) is 0 Å². The number of amides is 1. The minimum absolute atomic E-state index is 0.0759. The summed E-state index contributed by atoms with van der Waals surface area (Å²) in [7, 11) is 0. The van der Waals surface area contributed by atoms with E-state index in [1.54, 1.807) is 18.6 Å². The smallest absolute Gasteiger partial charge is 0.224 e. The van der Waals surface area contributed by atoms with Crippen molar-refractivity contribution >= 4 is 11.6 Å². The van der Waals surface area contributed by atoms with Crippen LogP contribution in [0.1, 0.15) is 31.2 Å². The van der Waals surface area contributed by atoms with Gasteiger partial charge in [0.25, 0.3) is 0 Å². The number of hydrogen-bond acceptors (Lipinski definition) is 4. The highest BCUT2D eigenvalue weighted by Gasteiger charge is 2.14. The Bertz CT molecular complexity index is 619. The predicted octanol–water partition coefficient (Wildman–Crippen LogP) is 2.04. The molecule has 1 fully saturated rings. The Morgan fingerprint density at radius 3 is 2.87 bits per heavy atom. The number of nitrogens with one attached hydrogen (secondary N) is 2. The van der Waals surface area contributed by atoms with Crippen molar-refractivity contribution in [1.82, 2.24) is 20.1 Å². The van der Waals surface area contributed by atoms with E-state index in [0.29, 0.717) is 18.9 Å². The molecule has 0 atom stereocenters. The zero-order chi connectivity index (χ0) is 15.9. The number of anilines is 1. The van der Waals surface area contributed by atoms with Crippen molar-refractivity contribution in [3.05, 3.63) is 42.5 Å². The second kappa shape index (κ2) is 7.87. The quantitative estimate of drug-likeness (QED) is 0.856. The van der Waals surface area contributed by atoms with Crippen molar-refractivity contribution < 1.29 is 4.79 Å². The summed E-state index contributed by atoms with van der Waals surface area (Å²) < 4.78 is 1.82. The first-order valence-corrected chi connectivity index (χ1v) is 8.21. The fourth-order valence-electron chi connectivity index (χ4n) is 2.92. The van der Waals surface area contributed by atoms with Crippen molar-refractivity contribution in [2.45, 2.75) is 32.2 Å². The Morgan fingerprint density at radius 1 is 1.30 bits per heavy atom. The molecule has 0 radical (unpaired) electrons. The Hall–Kier alpha value is -2.21.